The van der Waals surface area contributed by atoms with Gasteiger partial charge in [-0.15, -0.1) is 0 Å². The van der Waals surface area contributed by atoms with E-state index in [0.29, 0.717) is 6.61 Å². The van der Waals surface area contributed by atoms with Crippen LogP contribution in [0.5, 0.6) is 0 Å². The van der Waals surface area contributed by atoms with Crippen molar-refractivity contribution < 1.29 is 14.3 Å². The molecule has 1 saturated heterocycles. The molecule has 1 fully saturated rings. The van der Waals surface area contributed by atoms with Gasteiger partial charge in [0.1, 0.15) is 5.76 Å². The lowest BCUT2D eigenvalue weighted by molar-refractivity contribution is -0.153. The summed E-state index contributed by atoms with van der Waals surface area (Å²) in [6.45, 7) is 0.678. The molecule has 74 valence electrons. The number of ether oxygens (including phenoxy) is 2. The number of esters is 1. The molecular weight excluding hydrogens is 180 g/mol. The monoisotopic (exact) mass is 192 g/mol. The summed E-state index contributed by atoms with van der Waals surface area (Å²) in [5.74, 6) is 0.776. The molecule has 2 atom stereocenters. The molecule has 0 amide bonds. The second-order valence-electron chi connectivity index (χ2n) is 3.91. The molecule has 3 aliphatic rings. The Labute approximate surface area is 82.4 Å². The SMILES string of the molecule is O=C1OC2CCOC2=C2C=CCCC12. The Hall–Kier alpha value is -1.25. The third kappa shape index (κ3) is 1.01. The Morgan fingerprint density at radius 2 is 2.29 bits per heavy atom. The summed E-state index contributed by atoms with van der Waals surface area (Å²) >= 11 is 0. The number of carbonyl (C=O) groups is 1. The fourth-order valence-electron chi connectivity index (χ4n) is 2.35. The van der Waals surface area contributed by atoms with Gasteiger partial charge in [-0.1, -0.05) is 12.2 Å². The number of rotatable bonds is 0. The van der Waals surface area contributed by atoms with Crippen LogP contribution in [0.1, 0.15) is 19.3 Å². The van der Waals surface area contributed by atoms with E-state index in [4.69, 9.17) is 9.47 Å². The summed E-state index contributed by atoms with van der Waals surface area (Å²) in [6.07, 6.45) is 6.67. The zero-order valence-corrected chi connectivity index (χ0v) is 7.86. The summed E-state index contributed by atoms with van der Waals surface area (Å²) in [5, 5.41) is 0. The Morgan fingerprint density at radius 3 is 3.21 bits per heavy atom. The molecule has 3 nitrogen and oxygen atoms in total. The van der Waals surface area contributed by atoms with Gasteiger partial charge in [0, 0.05) is 12.0 Å². The molecule has 0 aromatic carbocycles. The molecule has 0 radical (unpaired) electrons. The average Bonchev–Trinajstić information content (AvgIpc) is 2.66. The zero-order chi connectivity index (χ0) is 9.54. The molecule has 0 saturated carbocycles. The predicted octanol–water partition coefficient (Wildman–Crippen LogP) is 1.55. The third-order valence-electron chi connectivity index (χ3n) is 3.05. The summed E-state index contributed by atoms with van der Waals surface area (Å²) < 4.78 is 10.8. The Kier molecular flexibility index (Phi) is 1.66. The van der Waals surface area contributed by atoms with Gasteiger partial charge in [-0.3, -0.25) is 4.79 Å². The van der Waals surface area contributed by atoms with E-state index in [1.165, 1.54) is 0 Å². The lowest BCUT2D eigenvalue weighted by atomic mass is 9.86. The molecular formula is C11H12O3. The maximum atomic E-state index is 11.6. The van der Waals surface area contributed by atoms with Crippen molar-refractivity contribution in [2.24, 2.45) is 5.92 Å². The number of carbonyl (C=O) groups excluding carboxylic acids is 1. The minimum absolute atomic E-state index is 0.0654. The van der Waals surface area contributed by atoms with Crippen molar-refractivity contribution in [2.45, 2.75) is 25.4 Å². The fourth-order valence-corrected chi connectivity index (χ4v) is 2.35. The minimum Gasteiger partial charge on any atom is -0.494 e. The van der Waals surface area contributed by atoms with Crippen molar-refractivity contribution in [1.82, 2.24) is 0 Å². The second-order valence-corrected chi connectivity index (χ2v) is 3.91. The van der Waals surface area contributed by atoms with Gasteiger partial charge >= 0.3 is 5.97 Å². The first-order valence-electron chi connectivity index (χ1n) is 5.10. The van der Waals surface area contributed by atoms with E-state index in [2.05, 4.69) is 6.08 Å². The molecule has 0 spiro atoms. The topological polar surface area (TPSA) is 35.5 Å². The molecule has 0 aromatic heterocycles. The number of allylic oxidation sites excluding steroid dienone is 2. The lowest BCUT2D eigenvalue weighted by Crippen LogP contribution is -2.32. The third-order valence-corrected chi connectivity index (χ3v) is 3.05. The van der Waals surface area contributed by atoms with Crippen molar-refractivity contribution >= 4 is 5.97 Å². The van der Waals surface area contributed by atoms with Crippen molar-refractivity contribution in [3.05, 3.63) is 23.5 Å². The van der Waals surface area contributed by atoms with E-state index in [9.17, 15) is 4.79 Å². The summed E-state index contributed by atoms with van der Waals surface area (Å²) in [5.41, 5.74) is 1.06. The average molecular weight is 192 g/mol. The Bertz CT molecular complexity index is 340. The standard InChI is InChI=1S/C11H12O3/c12-11-8-4-2-1-3-7(8)10-9(14-11)5-6-13-10/h1,3,8-9H,2,4-6H2. The molecule has 2 unspecified atom stereocenters. The van der Waals surface area contributed by atoms with Crippen molar-refractivity contribution in [1.29, 1.82) is 0 Å². The molecule has 3 rings (SSSR count). The van der Waals surface area contributed by atoms with Crippen LogP contribution in [0.15, 0.2) is 23.5 Å². The second kappa shape index (κ2) is 2.87. The van der Waals surface area contributed by atoms with Crippen LogP contribution in [0.3, 0.4) is 0 Å². The van der Waals surface area contributed by atoms with Crippen LogP contribution in [-0.2, 0) is 14.3 Å². The highest BCUT2D eigenvalue weighted by Gasteiger charge is 2.40. The van der Waals surface area contributed by atoms with E-state index < -0.39 is 0 Å². The van der Waals surface area contributed by atoms with Crippen LogP contribution >= 0.6 is 0 Å². The maximum absolute atomic E-state index is 11.6. The first kappa shape index (κ1) is 8.09. The van der Waals surface area contributed by atoms with Gasteiger partial charge in [0.15, 0.2) is 6.10 Å². The molecule has 0 bridgehead atoms. The largest absolute Gasteiger partial charge is 0.494 e. The van der Waals surface area contributed by atoms with Crippen LogP contribution in [-0.4, -0.2) is 18.7 Å². The molecule has 0 N–H and O–H groups in total. The number of hydrogen-bond donors (Lipinski definition) is 0. The van der Waals surface area contributed by atoms with Crippen LogP contribution in [0.2, 0.25) is 0 Å². The first-order valence-corrected chi connectivity index (χ1v) is 5.10. The molecule has 3 heteroatoms. The van der Waals surface area contributed by atoms with Gasteiger partial charge in [0.25, 0.3) is 0 Å². The Morgan fingerprint density at radius 1 is 1.36 bits per heavy atom. The number of fused-ring (bicyclic) bond motifs is 2. The molecule has 14 heavy (non-hydrogen) atoms. The summed E-state index contributed by atoms with van der Waals surface area (Å²) in [4.78, 5) is 11.6. The Balaban J connectivity index is 2.08. The van der Waals surface area contributed by atoms with Gasteiger partial charge < -0.3 is 9.47 Å². The maximum Gasteiger partial charge on any atom is 0.314 e. The summed E-state index contributed by atoms with van der Waals surface area (Å²) in [7, 11) is 0. The van der Waals surface area contributed by atoms with Gasteiger partial charge in [-0.05, 0) is 12.8 Å². The van der Waals surface area contributed by atoms with Crippen molar-refractivity contribution in [2.75, 3.05) is 6.61 Å². The van der Waals surface area contributed by atoms with E-state index in [1.807, 2.05) is 6.08 Å². The van der Waals surface area contributed by atoms with Gasteiger partial charge in [-0.2, -0.15) is 0 Å². The van der Waals surface area contributed by atoms with Crippen LogP contribution in [0, 0.1) is 5.92 Å². The zero-order valence-electron chi connectivity index (χ0n) is 7.86. The van der Waals surface area contributed by atoms with Crippen molar-refractivity contribution in [3.8, 4) is 0 Å². The lowest BCUT2D eigenvalue weighted by Gasteiger charge is -2.28. The molecule has 2 heterocycles. The fraction of sp³-hybridized carbons (Fsp3) is 0.545. The van der Waals surface area contributed by atoms with Gasteiger partial charge in [0.2, 0.25) is 0 Å². The highest BCUT2D eigenvalue weighted by atomic mass is 16.6. The molecule has 1 aliphatic carbocycles. The molecule has 0 aromatic rings. The smallest absolute Gasteiger partial charge is 0.314 e. The van der Waals surface area contributed by atoms with Crippen LogP contribution < -0.4 is 0 Å². The minimum atomic E-state index is -0.100. The van der Waals surface area contributed by atoms with E-state index in [-0.39, 0.29) is 18.0 Å². The van der Waals surface area contributed by atoms with Gasteiger partial charge in [0.05, 0.1) is 12.5 Å². The van der Waals surface area contributed by atoms with E-state index in [0.717, 1.165) is 30.6 Å². The van der Waals surface area contributed by atoms with E-state index >= 15 is 0 Å². The first-order chi connectivity index (χ1) is 6.86. The predicted molar refractivity (Wildman–Crippen MR) is 49.3 cm³/mol. The highest BCUT2D eigenvalue weighted by molar-refractivity contribution is 5.79. The van der Waals surface area contributed by atoms with Crippen LogP contribution in [0.4, 0.5) is 0 Å². The van der Waals surface area contributed by atoms with Gasteiger partial charge in [-0.25, -0.2) is 0 Å². The normalized spacial score (nSPS) is 34.7. The highest BCUT2D eigenvalue weighted by Crippen LogP contribution is 2.38. The number of hydrogen-bond acceptors (Lipinski definition) is 3. The summed E-state index contributed by atoms with van der Waals surface area (Å²) in [6, 6.07) is 0. The van der Waals surface area contributed by atoms with Crippen molar-refractivity contribution in [3.63, 3.8) is 0 Å². The molecule has 2 aliphatic heterocycles. The van der Waals surface area contributed by atoms with Crippen LogP contribution in [0.25, 0.3) is 0 Å². The quantitative estimate of drug-likeness (QED) is 0.546. The van der Waals surface area contributed by atoms with E-state index in [1.54, 1.807) is 0 Å².